The van der Waals surface area contributed by atoms with Crippen LogP contribution in [0.2, 0.25) is 0 Å². The van der Waals surface area contributed by atoms with Crippen LogP contribution in [0.3, 0.4) is 0 Å². The lowest BCUT2D eigenvalue weighted by atomic mass is 10.1. The van der Waals surface area contributed by atoms with Gasteiger partial charge in [-0.2, -0.15) is 0 Å². The first-order valence-electron chi connectivity index (χ1n) is 9.65. The third-order valence-corrected chi connectivity index (χ3v) is 5.88. The molecule has 1 atom stereocenters. The van der Waals surface area contributed by atoms with E-state index in [0.29, 0.717) is 12.6 Å². The fourth-order valence-electron chi connectivity index (χ4n) is 4.02. The first-order valence-corrected chi connectivity index (χ1v) is 9.65. The van der Waals surface area contributed by atoms with Crippen molar-refractivity contribution in [2.24, 2.45) is 11.8 Å². The molecule has 2 aliphatic carbocycles. The summed E-state index contributed by atoms with van der Waals surface area (Å²) in [6.45, 7) is 1.18. The maximum atomic E-state index is 12.4. The third kappa shape index (κ3) is 2.77. The second kappa shape index (κ2) is 5.83. The van der Waals surface area contributed by atoms with Gasteiger partial charge in [-0.05, 0) is 55.9 Å². The monoisotopic (exact) mass is 353 g/mol. The zero-order valence-electron chi connectivity index (χ0n) is 14.7. The molecule has 26 heavy (non-hydrogen) atoms. The molecule has 1 aromatic carbocycles. The quantitative estimate of drug-likeness (QED) is 0.894. The van der Waals surface area contributed by atoms with Crippen LogP contribution in [0.15, 0.2) is 18.2 Å². The summed E-state index contributed by atoms with van der Waals surface area (Å²) in [5.74, 6) is 0.205. The molecule has 1 N–H and O–H groups in total. The van der Waals surface area contributed by atoms with Crippen molar-refractivity contribution in [2.45, 2.75) is 44.6 Å². The summed E-state index contributed by atoms with van der Waals surface area (Å²) in [6.07, 6.45) is 5.23. The van der Waals surface area contributed by atoms with Crippen LogP contribution in [0, 0.1) is 11.8 Å². The number of anilines is 2. The average molecular weight is 353 g/mol. The Hall–Kier alpha value is -2.37. The predicted molar refractivity (Wildman–Crippen MR) is 96.8 cm³/mol. The Balaban J connectivity index is 1.32. The first kappa shape index (κ1) is 15.9. The lowest BCUT2D eigenvalue weighted by Gasteiger charge is -2.20. The van der Waals surface area contributed by atoms with Gasteiger partial charge < -0.3 is 15.1 Å². The Bertz CT molecular complexity index is 797. The highest BCUT2D eigenvalue weighted by Gasteiger charge is 2.39. The van der Waals surface area contributed by atoms with Crippen LogP contribution in [0.1, 0.15) is 37.7 Å². The molecule has 0 spiro atoms. The molecule has 2 saturated carbocycles. The van der Waals surface area contributed by atoms with Crippen LogP contribution in [-0.2, 0) is 20.8 Å². The van der Waals surface area contributed by atoms with E-state index in [4.69, 9.17) is 0 Å². The molecule has 136 valence electrons. The van der Waals surface area contributed by atoms with E-state index >= 15 is 0 Å². The molecule has 4 aliphatic rings. The van der Waals surface area contributed by atoms with E-state index in [0.717, 1.165) is 55.6 Å². The van der Waals surface area contributed by atoms with E-state index in [1.165, 1.54) is 0 Å². The molecule has 6 heteroatoms. The summed E-state index contributed by atoms with van der Waals surface area (Å²) in [7, 11) is 0. The number of hydrogen-bond acceptors (Lipinski definition) is 3. The van der Waals surface area contributed by atoms with Gasteiger partial charge in [0, 0.05) is 42.8 Å². The van der Waals surface area contributed by atoms with Crippen LogP contribution in [-0.4, -0.2) is 36.9 Å². The molecule has 1 unspecified atom stereocenters. The SMILES string of the molecule is O=C(NC1CC1)C1CC(=O)N(c2ccc3c(c2)CCN3C(=O)C2CC2)C1. The van der Waals surface area contributed by atoms with Crippen LogP contribution < -0.4 is 15.1 Å². The van der Waals surface area contributed by atoms with Crippen LogP contribution >= 0.6 is 0 Å². The zero-order valence-corrected chi connectivity index (χ0v) is 14.7. The second-order valence-electron chi connectivity index (χ2n) is 8.02. The summed E-state index contributed by atoms with van der Waals surface area (Å²) in [6, 6.07) is 6.22. The van der Waals surface area contributed by atoms with Crippen molar-refractivity contribution in [3.8, 4) is 0 Å². The minimum absolute atomic E-state index is 0.00445. The maximum Gasteiger partial charge on any atom is 0.230 e. The van der Waals surface area contributed by atoms with Gasteiger partial charge in [0.1, 0.15) is 0 Å². The van der Waals surface area contributed by atoms with E-state index in [2.05, 4.69) is 5.32 Å². The van der Waals surface area contributed by atoms with Crippen LogP contribution in [0.4, 0.5) is 11.4 Å². The molecule has 6 nitrogen and oxygen atoms in total. The van der Waals surface area contributed by atoms with Crippen molar-refractivity contribution >= 4 is 29.1 Å². The predicted octanol–water partition coefficient (Wildman–Crippen LogP) is 1.62. The molecule has 2 heterocycles. The normalized spacial score (nSPS) is 24.8. The molecule has 1 aromatic rings. The Morgan fingerprint density at radius 2 is 1.88 bits per heavy atom. The van der Waals surface area contributed by atoms with Gasteiger partial charge in [0.25, 0.3) is 0 Å². The number of rotatable bonds is 4. The lowest BCUT2D eigenvalue weighted by molar-refractivity contribution is -0.126. The summed E-state index contributed by atoms with van der Waals surface area (Å²) in [4.78, 5) is 40.7. The summed E-state index contributed by atoms with van der Waals surface area (Å²) >= 11 is 0. The van der Waals surface area contributed by atoms with E-state index in [1.54, 1.807) is 4.90 Å². The fraction of sp³-hybridized carbons (Fsp3) is 0.550. The fourth-order valence-corrected chi connectivity index (χ4v) is 4.02. The van der Waals surface area contributed by atoms with Crippen LogP contribution in [0.25, 0.3) is 0 Å². The van der Waals surface area contributed by atoms with Gasteiger partial charge in [-0.1, -0.05) is 0 Å². The summed E-state index contributed by atoms with van der Waals surface area (Å²) < 4.78 is 0. The smallest absolute Gasteiger partial charge is 0.230 e. The van der Waals surface area contributed by atoms with E-state index in [1.807, 2.05) is 23.1 Å². The number of nitrogens with one attached hydrogen (secondary N) is 1. The number of nitrogens with zero attached hydrogens (tertiary/aromatic N) is 2. The van der Waals surface area contributed by atoms with Gasteiger partial charge in [-0.25, -0.2) is 0 Å². The molecule has 2 aliphatic heterocycles. The number of carbonyl (C=O) groups excluding carboxylic acids is 3. The summed E-state index contributed by atoms with van der Waals surface area (Å²) in [5.41, 5.74) is 2.95. The minimum atomic E-state index is -0.260. The Kier molecular flexibility index (Phi) is 3.55. The highest BCUT2D eigenvalue weighted by atomic mass is 16.2. The Labute approximate surface area is 152 Å². The van der Waals surface area contributed by atoms with E-state index in [9.17, 15) is 14.4 Å². The van der Waals surface area contributed by atoms with Crippen molar-refractivity contribution in [3.63, 3.8) is 0 Å². The van der Waals surface area contributed by atoms with Crippen molar-refractivity contribution in [1.82, 2.24) is 5.32 Å². The van der Waals surface area contributed by atoms with Crippen molar-refractivity contribution in [3.05, 3.63) is 23.8 Å². The molecule has 1 saturated heterocycles. The number of benzene rings is 1. The van der Waals surface area contributed by atoms with Gasteiger partial charge in [0.15, 0.2) is 0 Å². The molecule has 0 aromatic heterocycles. The Morgan fingerprint density at radius 3 is 2.62 bits per heavy atom. The first-order chi connectivity index (χ1) is 12.6. The van der Waals surface area contributed by atoms with E-state index in [-0.39, 0.29) is 36.0 Å². The standard InChI is InChI=1S/C20H23N3O3/c24-18-10-14(19(25)21-15-3-4-15)11-23(18)16-5-6-17-13(9-16)7-8-22(17)20(26)12-1-2-12/h5-6,9,12,14-15H,1-4,7-8,10-11H2,(H,21,25). The maximum absolute atomic E-state index is 12.4. The number of fused-ring (bicyclic) bond motifs is 1. The van der Waals surface area contributed by atoms with Gasteiger partial charge in [-0.15, -0.1) is 0 Å². The van der Waals surface area contributed by atoms with Crippen molar-refractivity contribution in [2.75, 3.05) is 22.9 Å². The lowest BCUT2D eigenvalue weighted by Crippen LogP contribution is -2.34. The highest BCUT2D eigenvalue weighted by Crippen LogP contribution is 2.38. The third-order valence-electron chi connectivity index (χ3n) is 5.88. The van der Waals surface area contributed by atoms with Gasteiger partial charge in [-0.3, -0.25) is 14.4 Å². The van der Waals surface area contributed by atoms with Crippen LogP contribution in [0.5, 0.6) is 0 Å². The Morgan fingerprint density at radius 1 is 1.08 bits per heavy atom. The molecule has 0 radical (unpaired) electrons. The highest BCUT2D eigenvalue weighted by molar-refractivity contribution is 6.02. The zero-order chi connectivity index (χ0) is 17.8. The molecular formula is C20H23N3O3. The second-order valence-corrected chi connectivity index (χ2v) is 8.02. The van der Waals surface area contributed by atoms with Gasteiger partial charge >= 0.3 is 0 Å². The molecule has 3 fully saturated rings. The van der Waals surface area contributed by atoms with Crippen molar-refractivity contribution < 1.29 is 14.4 Å². The van der Waals surface area contributed by atoms with Crippen molar-refractivity contribution in [1.29, 1.82) is 0 Å². The molecular weight excluding hydrogens is 330 g/mol. The van der Waals surface area contributed by atoms with E-state index < -0.39 is 0 Å². The molecule has 5 rings (SSSR count). The molecule has 3 amide bonds. The largest absolute Gasteiger partial charge is 0.353 e. The molecule has 0 bridgehead atoms. The van der Waals surface area contributed by atoms with Gasteiger partial charge in [0.05, 0.1) is 5.92 Å². The topological polar surface area (TPSA) is 69.7 Å². The average Bonchev–Trinajstić information content (AvgIpc) is 3.55. The summed E-state index contributed by atoms with van der Waals surface area (Å²) in [5, 5.41) is 3.00. The number of carbonyl (C=O) groups is 3. The minimum Gasteiger partial charge on any atom is -0.353 e. The van der Waals surface area contributed by atoms with Gasteiger partial charge in [0.2, 0.25) is 17.7 Å². The number of amides is 3. The number of hydrogen-bond donors (Lipinski definition) is 1.